The fraction of sp³-hybridized carbons (Fsp3) is 0.545. The molecule has 0 fully saturated rings. The van der Waals surface area contributed by atoms with Gasteiger partial charge in [0.05, 0.1) is 9.40 Å². The van der Waals surface area contributed by atoms with Crippen LogP contribution in [0.5, 0.6) is 0 Å². The van der Waals surface area contributed by atoms with Crippen LogP contribution in [-0.2, 0) is 0 Å². The lowest BCUT2D eigenvalue weighted by molar-refractivity contribution is -0.385. The maximum atomic E-state index is 10.6. The summed E-state index contributed by atoms with van der Waals surface area (Å²) in [6.45, 7) is 8.40. The summed E-state index contributed by atoms with van der Waals surface area (Å²) >= 11 is 3.28. The molecule has 0 aromatic carbocycles. The molecule has 0 bridgehead atoms. The van der Waals surface area contributed by atoms with Gasteiger partial charge in [-0.1, -0.05) is 20.8 Å². The van der Waals surface area contributed by atoms with E-state index in [1.165, 1.54) is 12.3 Å². The van der Waals surface area contributed by atoms with Gasteiger partial charge in [0.15, 0.2) is 0 Å². The van der Waals surface area contributed by atoms with E-state index < -0.39 is 4.92 Å². The van der Waals surface area contributed by atoms with Gasteiger partial charge in [0, 0.05) is 12.1 Å². The number of anilines is 1. The first-order valence-electron chi connectivity index (χ1n) is 5.28. The number of halogens is 1. The van der Waals surface area contributed by atoms with Gasteiger partial charge in [0.25, 0.3) is 5.69 Å². The lowest BCUT2D eigenvalue weighted by Crippen LogP contribution is -2.31. The molecule has 0 saturated heterocycles. The van der Waals surface area contributed by atoms with Gasteiger partial charge < -0.3 is 5.32 Å². The smallest absolute Gasteiger partial charge is 0.288 e. The summed E-state index contributed by atoms with van der Waals surface area (Å²) in [5.74, 6) is 0.623. The zero-order valence-corrected chi connectivity index (χ0v) is 11.9. The van der Waals surface area contributed by atoms with Crippen molar-refractivity contribution in [2.24, 2.45) is 5.41 Å². The minimum atomic E-state index is -0.464. The van der Waals surface area contributed by atoms with E-state index in [0.29, 0.717) is 10.3 Å². The molecule has 1 aromatic rings. The molecule has 17 heavy (non-hydrogen) atoms. The van der Waals surface area contributed by atoms with Crippen molar-refractivity contribution in [1.29, 1.82) is 0 Å². The lowest BCUT2D eigenvalue weighted by atomic mass is 9.88. The summed E-state index contributed by atoms with van der Waals surface area (Å²) in [6, 6.07) is 1.65. The van der Waals surface area contributed by atoms with E-state index in [1.54, 1.807) is 0 Å². The first-order chi connectivity index (χ1) is 7.71. The number of pyridine rings is 1. The van der Waals surface area contributed by atoms with Gasteiger partial charge in [-0.25, -0.2) is 4.98 Å². The third kappa shape index (κ3) is 3.66. The number of nitrogens with one attached hydrogen (secondary N) is 1. The molecule has 0 aliphatic heterocycles. The van der Waals surface area contributed by atoms with Crippen molar-refractivity contribution in [2.45, 2.75) is 33.7 Å². The highest BCUT2D eigenvalue weighted by Crippen LogP contribution is 2.28. The Labute approximate surface area is 109 Å². The fourth-order valence-electron chi connectivity index (χ4n) is 1.06. The second-order valence-electron chi connectivity index (χ2n) is 5.01. The number of nitrogens with zero attached hydrogens (tertiary/aromatic N) is 2. The van der Waals surface area contributed by atoms with Crippen LogP contribution in [0.25, 0.3) is 0 Å². The van der Waals surface area contributed by atoms with Crippen LogP contribution in [0, 0.1) is 15.5 Å². The Morgan fingerprint density at radius 1 is 1.53 bits per heavy atom. The topological polar surface area (TPSA) is 68.1 Å². The van der Waals surface area contributed by atoms with Gasteiger partial charge in [-0.05, 0) is 28.3 Å². The van der Waals surface area contributed by atoms with Crippen LogP contribution in [0.1, 0.15) is 27.7 Å². The molecule has 1 N–H and O–H groups in total. The predicted molar refractivity (Wildman–Crippen MR) is 71.1 cm³/mol. The molecule has 1 rings (SSSR count). The zero-order chi connectivity index (χ0) is 13.2. The number of hydrogen-bond donors (Lipinski definition) is 1. The van der Waals surface area contributed by atoms with Crippen LogP contribution in [0.2, 0.25) is 0 Å². The molecule has 0 amide bonds. The van der Waals surface area contributed by atoms with Crippen molar-refractivity contribution in [3.05, 3.63) is 26.9 Å². The number of aromatic nitrogens is 1. The molecule has 0 radical (unpaired) electrons. The molecule has 6 heteroatoms. The summed E-state index contributed by atoms with van der Waals surface area (Å²) in [6.07, 6.45) is 1.25. The van der Waals surface area contributed by atoms with E-state index in [2.05, 4.69) is 53.9 Å². The molecule has 1 unspecified atom stereocenters. The van der Waals surface area contributed by atoms with Gasteiger partial charge >= 0.3 is 0 Å². The molecular weight excluding hydrogens is 286 g/mol. The third-order valence-corrected chi connectivity index (χ3v) is 3.29. The number of rotatable bonds is 3. The minimum Gasteiger partial charge on any atom is -0.366 e. The quantitative estimate of drug-likeness (QED) is 0.684. The molecule has 5 nitrogen and oxygen atoms in total. The minimum absolute atomic E-state index is 0.0224. The first kappa shape index (κ1) is 13.9. The van der Waals surface area contributed by atoms with Crippen LogP contribution in [0.15, 0.2) is 16.7 Å². The third-order valence-electron chi connectivity index (χ3n) is 2.69. The molecule has 94 valence electrons. The average Bonchev–Trinajstić information content (AvgIpc) is 2.19. The van der Waals surface area contributed by atoms with E-state index in [9.17, 15) is 10.1 Å². The van der Waals surface area contributed by atoms with Gasteiger partial charge in [-0.3, -0.25) is 10.1 Å². The normalized spacial score (nSPS) is 13.2. The van der Waals surface area contributed by atoms with Crippen molar-refractivity contribution in [2.75, 3.05) is 5.32 Å². The maximum Gasteiger partial charge on any atom is 0.288 e. The summed E-state index contributed by atoms with van der Waals surface area (Å²) in [5, 5.41) is 13.8. The summed E-state index contributed by atoms with van der Waals surface area (Å²) in [7, 11) is 0. The standard InChI is InChI=1S/C11H16BrN3O2/c1-7(11(2,3)4)14-10-9(12)5-8(6-13-10)15(16)17/h5-7H,1-4H3,(H,13,14). The van der Waals surface area contributed by atoms with E-state index in [4.69, 9.17) is 0 Å². The number of hydrogen-bond acceptors (Lipinski definition) is 4. The van der Waals surface area contributed by atoms with E-state index >= 15 is 0 Å². The highest BCUT2D eigenvalue weighted by Gasteiger charge is 2.21. The fourth-order valence-corrected chi connectivity index (χ4v) is 1.51. The molecular formula is C11H16BrN3O2. The molecule has 1 heterocycles. The monoisotopic (exact) mass is 301 g/mol. The molecule has 0 aliphatic carbocycles. The lowest BCUT2D eigenvalue weighted by Gasteiger charge is -2.28. The van der Waals surface area contributed by atoms with Gasteiger partial charge in [-0.2, -0.15) is 0 Å². The molecule has 1 aromatic heterocycles. The van der Waals surface area contributed by atoms with Crippen LogP contribution in [0.4, 0.5) is 11.5 Å². The number of nitro groups is 1. The Hall–Kier alpha value is -1.17. The Bertz CT molecular complexity index is 429. The zero-order valence-electron chi connectivity index (χ0n) is 10.3. The second-order valence-corrected chi connectivity index (χ2v) is 5.87. The van der Waals surface area contributed by atoms with Crippen molar-refractivity contribution in [1.82, 2.24) is 4.98 Å². The Kier molecular flexibility index (Phi) is 4.08. The summed E-state index contributed by atoms with van der Waals surface area (Å²) in [4.78, 5) is 14.2. The van der Waals surface area contributed by atoms with Crippen LogP contribution >= 0.6 is 15.9 Å². The van der Waals surface area contributed by atoms with Crippen molar-refractivity contribution >= 4 is 27.4 Å². The largest absolute Gasteiger partial charge is 0.366 e. The van der Waals surface area contributed by atoms with Crippen molar-refractivity contribution in [3.63, 3.8) is 0 Å². The SMILES string of the molecule is CC(Nc1ncc([N+](=O)[O-])cc1Br)C(C)(C)C. The van der Waals surface area contributed by atoms with Crippen LogP contribution < -0.4 is 5.32 Å². The molecule has 0 aliphatic rings. The Morgan fingerprint density at radius 3 is 2.53 bits per heavy atom. The van der Waals surface area contributed by atoms with E-state index in [1.807, 2.05) is 0 Å². The first-order valence-corrected chi connectivity index (χ1v) is 6.07. The van der Waals surface area contributed by atoms with E-state index in [0.717, 1.165) is 0 Å². The molecule has 0 saturated carbocycles. The Morgan fingerprint density at radius 2 is 2.12 bits per heavy atom. The Balaban J connectivity index is 2.90. The summed E-state index contributed by atoms with van der Waals surface area (Å²) in [5.41, 5.74) is 0.0638. The van der Waals surface area contributed by atoms with Crippen LogP contribution in [-0.4, -0.2) is 15.9 Å². The van der Waals surface area contributed by atoms with Gasteiger partial charge in [0.2, 0.25) is 0 Å². The maximum absolute atomic E-state index is 10.6. The second kappa shape index (κ2) is 5.00. The highest BCUT2D eigenvalue weighted by atomic mass is 79.9. The van der Waals surface area contributed by atoms with Crippen molar-refractivity contribution < 1.29 is 4.92 Å². The van der Waals surface area contributed by atoms with Crippen LogP contribution in [0.3, 0.4) is 0 Å². The summed E-state index contributed by atoms with van der Waals surface area (Å²) < 4.78 is 0.600. The van der Waals surface area contributed by atoms with Crippen molar-refractivity contribution in [3.8, 4) is 0 Å². The van der Waals surface area contributed by atoms with Gasteiger partial charge in [0.1, 0.15) is 12.0 Å². The van der Waals surface area contributed by atoms with E-state index in [-0.39, 0.29) is 17.1 Å². The predicted octanol–water partition coefficient (Wildman–Crippen LogP) is 3.60. The molecule has 0 spiro atoms. The van der Waals surface area contributed by atoms with Gasteiger partial charge in [-0.15, -0.1) is 0 Å². The molecule has 1 atom stereocenters. The average molecular weight is 302 g/mol. The highest BCUT2D eigenvalue weighted by molar-refractivity contribution is 9.10.